The summed E-state index contributed by atoms with van der Waals surface area (Å²) in [5.41, 5.74) is 14.5. The fourth-order valence-electron chi connectivity index (χ4n) is 2.91. The number of H-pyrrole nitrogens is 1. The topological polar surface area (TPSA) is 105 Å². The summed E-state index contributed by atoms with van der Waals surface area (Å²) in [5.74, 6) is -0.796. The van der Waals surface area contributed by atoms with Gasteiger partial charge in [-0.05, 0) is 46.7 Å². The first kappa shape index (κ1) is 16.2. The summed E-state index contributed by atoms with van der Waals surface area (Å²) in [6.45, 7) is 0.215. The van der Waals surface area contributed by atoms with Crippen molar-refractivity contribution in [3.8, 4) is 0 Å². The second-order valence-corrected chi connectivity index (χ2v) is 6.01. The van der Waals surface area contributed by atoms with Crippen LogP contribution in [0.5, 0.6) is 0 Å². The highest BCUT2D eigenvalue weighted by molar-refractivity contribution is 5.80. The third kappa shape index (κ3) is 3.32. The van der Waals surface area contributed by atoms with Crippen molar-refractivity contribution in [1.29, 1.82) is 0 Å². The van der Waals surface area contributed by atoms with Gasteiger partial charge in [0.15, 0.2) is 0 Å². The van der Waals surface area contributed by atoms with Crippen LogP contribution in [0.2, 0.25) is 0 Å². The zero-order valence-corrected chi connectivity index (χ0v) is 13.3. The van der Waals surface area contributed by atoms with Crippen molar-refractivity contribution in [3.05, 3.63) is 71.4 Å². The number of aromatic amines is 1. The number of hydrogen-bond acceptors (Lipinski definition) is 3. The molecule has 2 aromatic carbocycles. The minimum atomic E-state index is -0.728. The standard InChI is InChI=1S/C19H21N3O2/c20-11-16(19(21)24)9-12-2-1-3-14(8-12)18(23)15-4-5-17-13(10-15)6-7-22-17/h1-8,10,16,18,22-23H,9,11,20H2,(H2,21,24)/t16-,18?/m0/s1. The first-order valence-electron chi connectivity index (χ1n) is 7.92. The summed E-state index contributed by atoms with van der Waals surface area (Å²) in [6, 6.07) is 15.4. The molecule has 0 aliphatic rings. The molecule has 6 N–H and O–H groups in total. The lowest BCUT2D eigenvalue weighted by atomic mass is 9.94. The Bertz CT molecular complexity index is 856. The number of rotatable bonds is 6. The number of hydrogen-bond donors (Lipinski definition) is 4. The fraction of sp³-hybridized carbons (Fsp3) is 0.211. The maximum atomic E-state index is 11.4. The second kappa shape index (κ2) is 6.86. The molecule has 0 aliphatic carbocycles. The zero-order chi connectivity index (χ0) is 17.1. The molecular formula is C19H21N3O2. The van der Waals surface area contributed by atoms with E-state index in [1.807, 2.05) is 54.7 Å². The van der Waals surface area contributed by atoms with Crippen LogP contribution in [0.15, 0.2) is 54.7 Å². The summed E-state index contributed by atoms with van der Waals surface area (Å²) in [5, 5.41) is 11.7. The smallest absolute Gasteiger partial charge is 0.222 e. The zero-order valence-electron chi connectivity index (χ0n) is 13.3. The van der Waals surface area contributed by atoms with Gasteiger partial charge in [0.1, 0.15) is 6.10 Å². The third-order valence-electron chi connectivity index (χ3n) is 4.33. The highest BCUT2D eigenvalue weighted by Gasteiger charge is 2.16. The van der Waals surface area contributed by atoms with E-state index in [2.05, 4.69) is 4.98 Å². The summed E-state index contributed by atoms with van der Waals surface area (Å²) < 4.78 is 0. The van der Waals surface area contributed by atoms with Crippen molar-refractivity contribution < 1.29 is 9.90 Å². The molecule has 124 valence electrons. The summed E-state index contributed by atoms with van der Waals surface area (Å²) in [6.07, 6.45) is 1.62. The first-order valence-corrected chi connectivity index (χ1v) is 7.92. The van der Waals surface area contributed by atoms with Gasteiger partial charge in [-0.2, -0.15) is 0 Å². The Morgan fingerprint density at radius 3 is 2.67 bits per heavy atom. The average Bonchev–Trinajstić information content (AvgIpc) is 3.06. The molecule has 0 aliphatic heterocycles. The Hall–Kier alpha value is -2.63. The normalized spacial score (nSPS) is 13.8. The molecule has 1 heterocycles. The number of primary amides is 1. The Morgan fingerprint density at radius 2 is 1.92 bits per heavy atom. The van der Waals surface area contributed by atoms with Crippen molar-refractivity contribution in [2.75, 3.05) is 6.54 Å². The number of carbonyl (C=O) groups is 1. The van der Waals surface area contributed by atoms with E-state index in [-0.39, 0.29) is 6.54 Å². The summed E-state index contributed by atoms with van der Waals surface area (Å²) >= 11 is 0. The van der Waals surface area contributed by atoms with Gasteiger partial charge >= 0.3 is 0 Å². The van der Waals surface area contributed by atoms with Gasteiger partial charge in [-0.3, -0.25) is 4.79 Å². The number of aliphatic hydroxyl groups is 1. The van der Waals surface area contributed by atoms with Gasteiger partial charge in [0.05, 0.1) is 5.92 Å². The molecule has 24 heavy (non-hydrogen) atoms. The molecule has 0 fully saturated rings. The second-order valence-electron chi connectivity index (χ2n) is 6.01. The van der Waals surface area contributed by atoms with Crippen LogP contribution in [0.25, 0.3) is 10.9 Å². The number of nitrogens with one attached hydrogen (secondary N) is 1. The van der Waals surface area contributed by atoms with Gasteiger partial charge in [0.25, 0.3) is 0 Å². The Kier molecular flexibility index (Phi) is 4.64. The van der Waals surface area contributed by atoms with Crippen LogP contribution in [-0.4, -0.2) is 22.5 Å². The van der Waals surface area contributed by atoms with Crippen molar-refractivity contribution in [2.24, 2.45) is 17.4 Å². The molecule has 0 saturated heterocycles. The molecule has 3 rings (SSSR count). The number of fused-ring (bicyclic) bond motifs is 1. The van der Waals surface area contributed by atoms with E-state index in [4.69, 9.17) is 11.5 Å². The fourth-order valence-corrected chi connectivity index (χ4v) is 2.91. The molecule has 1 unspecified atom stereocenters. The molecule has 0 radical (unpaired) electrons. The molecule has 1 aromatic heterocycles. The Morgan fingerprint density at radius 1 is 1.12 bits per heavy atom. The molecule has 0 bridgehead atoms. The third-order valence-corrected chi connectivity index (χ3v) is 4.33. The monoisotopic (exact) mass is 323 g/mol. The van der Waals surface area contributed by atoms with Gasteiger partial charge in [-0.1, -0.05) is 30.3 Å². The molecule has 0 spiro atoms. The molecule has 0 saturated carbocycles. The van der Waals surface area contributed by atoms with E-state index in [1.54, 1.807) is 0 Å². The van der Waals surface area contributed by atoms with Crippen LogP contribution in [0.4, 0.5) is 0 Å². The lowest BCUT2D eigenvalue weighted by molar-refractivity contribution is -0.121. The van der Waals surface area contributed by atoms with Gasteiger partial charge in [-0.25, -0.2) is 0 Å². The van der Waals surface area contributed by atoms with Crippen LogP contribution in [0.1, 0.15) is 22.8 Å². The maximum Gasteiger partial charge on any atom is 0.222 e. The van der Waals surface area contributed by atoms with Gasteiger partial charge in [-0.15, -0.1) is 0 Å². The number of aliphatic hydroxyl groups excluding tert-OH is 1. The van der Waals surface area contributed by atoms with Crippen molar-refractivity contribution >= 4 is 16.8 Å². The number of aromatic nitrogens is 1. The van der Waals surface area contributed by atoms with E-state index in [0.29, 0.717) is 6.42 Å². The maximum absolute atomic E-state index is 11.4. The minimum absolute atomic E-state index is 0.215. The van der Waals surface area contributed by atoms with Crippen molar-refractivity contribution in [1.82, 2.24) is 4.98 Å². The van der Waals surface area contributed by atoms with Crippen LogP contribution in [0, 0.1) is 5.92 Å². The van der Waals surface area contributed by atoms with E-state index in [9.17, 15) is 9.90 Å². The van der Waals surface area contributed by atoms with E-state index in [1.165, 1.54) is 0 Å². The van der Waals surface area contributed by atoms with E-state index < -0.39 is 17.9 Å². The van der Waals surface area contributed by atoms with E-state index >= 15 is 0 Å². The molecule has 5 nitrogen and oxygen atoms in total. The van der Waals surface area contributed by atoms with Gasteiger partial charge in [0, 0.05) is 18.3 Å². The molecule has 5 heteroatoms. The average molecular weight is 323 g/mol. The number of carbonyl (C=O) groups excluding carboxylic acids is 1. The van der Waals surface area contributed by atoms with Gasteiger partial charge in [0.2, 0.25) is 5.91 Å². The lowest BCUT2D eigenvalue weighted by Crippen LogP contribution is -2.31. The predicted molar refractivity (Wildman–Crippen MR) is 94.2 cm³/mol. The minimum Gasteiger partial charge on any atom is -0.384 e. The molecule has 1 amide bonds. The van der Waals surface area contributed by atoms with Crippen LogP contribution in [-0.2, 0) is 11.2 Å². The molecule has 2 atom stereocenters. The van der Waals surface area contributed by atoms with Crippen molar-refractivity contribution in [3.63, 3.8) is 0 Å². The number of benzene rings is 2. The first-order chi connectivity index (χ1) is 11.6. The van der Waals surface area contributed by atoms with E-state index in [0.717, 1.165) is 27.6 Å². The summed E-state index contributed by atoms with van der Waals surface area (Å²) in [7, 11) is 0. The highest BCUT2D eigenvalue weighted by Crippen LogP contribution is 2.26. The van der Waals surface area contributed by atoms with Crippen LogP contribution < -0.4 is 11.5 Å². The Balaban J connectivity index is 1.85. The van der Waals surface area contributed by atoms with Crippen LogP contribution in [0.3, 0.4) is 0 Å². The van der Waals surface area contributed by atoms with Gasteiger partial charge < -0.3 is 21.6 Å². The summed E-state index contributed by atoms with van der Waals surface area (Å²) in [4.78, 5) is 14.5. The van der Waals surface area contributed by atoms with Crippen molar-refractivity contribution in [2.45, 2.75) is 12.5 Å². The number of amides is 1. The lowest BCUT2D eigenvalue weighted by Gasteiger charge is -2.15. The predicted octanol–water partition coefficient (Wildman–Crippen LogP) is 1.85. The molecular weight excluding hydrogens is 302 g/mol. The quantitative estimate of drug-likeness (QED) is 0.556. The molecule has 3 aromatic rings. The highest BCUT2D eigenvalue weighted by atomic mass is 16.3. The largest absolute Gasteiger partial charge is 0.384 e. The Labute approximate surface area is 140 Å². The SMILES string of the molecule is NC[C@H](Cc1cccc(C(O)c2ccc3[nH]ccc3c2)c1)C(N)=O. The number of nitrogens with two attached hydrogens (primary N) is 2. The van der Waals surface area contributed by atoms with Crippen LogP contribution >= 0.6 is 0 Å².